The van der Waals surface area contributed by atoms with Crippen molar-refractivity contribution in [2.75, 3.05) is 6.54 Å². The van der Waals surface area contributed by atoms with Crippen molar-refractivity contribution in [3.8, 4) is 0 Å². The second kappa shape index (κ2) is 7.68. The molecule has 0 bridgehead atoms. The second-order valence-electron chi connectivity index (χ2n) is 4.26. The SMILES string of the molecule is CC(C)NC(=NCCCc1ccccc1)NN. The predicted molar refractivity (Wildman–Crippen MR) is 72.7 cm³/mol. The number of benzene rings is 1. The van der Waals surface area contributed by atoms with E-state index in [0.717, 1.165) is 19.4 Å². The topological polar surface area (TPSA) is 62.4 Å². The summed E-state index contributed by atoms with van der Waals surface area (Å²) in [6.07, 6.45) is 2.07. The maximum atomic E-state index is 5.37. The van der Waals surface area contributed by atoms with Crippen LogP contribution < -0.4 is 16.6 Å². The number of aryl methyl sites for hydroxylation is 1. The van der Waals surface area contributed by atoms with Gasteiger partial charge in [0.2, 0.25) is 5.96 Å². The smallest absolute Gasteiger partial charge is 0.205 e. The summed E-state index contributed by atoms with van der Waals surface area (Å²) < 4.78 is 0. The van der Waals surface area contributed by atoms with Crippen LogP contribution >= 0.6 is 0 Å². The van der Waals surface area contributed by atoms with E-state index in [9.17, 15) is 0 Å². The Kier molecular flexibility index (Phi) is 6.10. The van der Waals surface area contributed by atoms with Crippen molar-refractivity contribution < 1.29 is 0 Å². The first-order valence-electron chi connectivity index (χ1n) is 6.04. The van der Waals surface area contributed by atoms with Crippen molar-refractivity contribution in [3.63, 3.8) is 0 Å². The van der Waals surface area contributed by atoms with E-state index >= 15 is 0 Å². The molecule has 0 aliphatic rings. The summed E-state index contributed by atoms with van der Waals surface area (Å²) in [4.78, 5) is 4.37. The highest BCUT2D eigenvalue weighted by molar-refractivity contribution is 5.79. The molecule has 4 heteroatoms. The van der Waals surface area contributed by atoms with E-state index in [1.165, 1.54) is 5.56 Å². The molecule has 0 aliphatic heterocycles. The van der Waals surface area contributed by atoms with Gasteiger partial charge in [0.15, 0.2) is 0 Å². The van der Waals surface area contributed by atoms with Gasteiger partial charge in [-0.2, -0.15) is 0 Å². The van der Waals surface area contributed by atoms with Crippen LogP contribution in [0.5, 0.6) is 0 Å². The summed E-state index contributed by atoms with van der Waals surface area (Å²) in [6, 6.07) is 10.8. The number of nitrogens with zero attached hydrogens (tertiary/aromatic N) is 1. The van der Waals surface area contributed by atoms with Crippen LogP contribution in [0, 0.1) is 0 Å². The lowest BCUT2D eigenvalue weighted by molar-refractivity contribution is 0.698. The van der Waals surface area contributed by atoms with Gasteiger partial charge in [0.05, 0.1) is 0 Å². The maximum absolute atomic E-state index is 5.37. The van der Waals surface area contributed by atoms with Gasteiger partial charge in [-0.25, -0.2) is 5.84 Å². The highest BCUT2D eigenvalue weighted by Gasteiger charge is 1.97. The van der Waals surface area contributed by atoms with Gasteiger partial charge >= 0.3 is 0 Å². The molecule has 4 nitrogen and oxygen atoms in total. The molecule has 0 atom stereocenters. The molecule has 0 saturated carbocycles. The average molecular weight is 234 g/mol. The number of nitrogens with one attached hydrogen (secondary N) is 2. The van der Waals surface area contributed by atoms with Gasteiger partial charge < -0.3 is 5.32 Å². The molecule has 1 aromatic rings. The van der Waals surface area contributed by atoms with Crippen molar-refractivity contribution in [2.24, 2.45) is 10.8 Å². The van der Waals surface area contributed by atoms with Gasteiger partial charge in [-0.05, 0) is 32.3 Å². The summed E-state index contributed by atoms with van der Waals surface area (Å²) in [7, 11) is 0. The maximum Gasteiger partial charge on any atom is 0.205 e. The normalized spacial score (nSPS) is 11.6. The van der Waals surface area contributed by atoms with Crippen LogP contribution in [0.3, 0.4) is 0 Å². The van der Waals surface area contributed by atoms with Gasteiger partial charge in [0, 0.05) is 12.6 Å². The third kappa shape index (κ3) is 5.92. The van der Waals surface area contributed by atoms with Crippen molar-refractivity contribution in [2.45, 2.75) is 32.7 Å². The van der Waals surface area contributed by atoms with E-state index in [0.29, 0.717) is 12.0 Å². The molecule has 4 N–H and O–H groups in total. The quantitative estimate of drug-likeness (QED) is 0.237. The number of rotatable bonds is 5. The monoisotopic (exact) mass is 234 g/mol. The van der Waals surface area contributed by atoms with Crippen LogP contribution in [-0.4, -0.2) is 18.5 Å². The Labute approximate surface area is 103 Å². The standard InChI is InChI=1S/C13H22N4/c1-11(2)16-13(17-14)15-10-6-9-12-7-4-3-5-8-12/h3-5,7-8,11H,6,9-10,14H2,1-2H3,(H2,15,16,17). The van der Waals surface area contributed by atoms with Crippen molar-refractivity contribution in [1.82, 2.24) is 10.7 Å². The molecule has 1 aromatic carbocycles. The van der Waals surface area contributed by atoms with E-state index in [-0.39, 0.29) is 0 Å². The molecule has 0 amide bonds. The van der Waals surface area contributed by atoms with E-state index < -0.39 is 0 Å². The van der Waals surface area contributed by atoms with Crippen molar-refractivity contribution in [1.29, 1.82) is 0 Å². The zero-order valence-corrected chi connectivity index (χ0v) is 10.6. The number of guanidine groups is 1. The highest BCUT2D eigenvalue weighted by Crippen LogP contribution is 2.02. The molecule has 0 radical (unpaired) electrons. The van der Waals surface area contributed by atoms with Crippen LogP contribution in [0.2, 0.25) is 0 Å². The molecule has 17 heavy (non-hydrogen) atoms. The number of hydrogen-bond acceptors (Lipinski definition) is 2. The number of hydrogen-bond donors (Lipinski definition) is 3. The van der Waals surface area contributed by atoms with E-state index in [1.807, 2.05) is 6.07 Å². The van der Waals surface area contributed by atoms with Gasteiger partial charge in [0.1, 0.15) is 0 Å². The molecule has 0 aromatic heterocycles. The van der Waals surface area contributed by atoms with E-state index in [1.54, 1.807) is 0 Å². The zero-order valence-electron chi connectivity index (χ0n) is 10.6. The number of hydrazine groups is 1. The van der Waals surface area contributed by atoms with Crippen LogP contribution in [0.15, 0.2) is 35.3 Å². The molecular formula is C13H22N4. The van der Waals surface area contributed by atoms with Crippen LogP contribution in [0.1, 0.15) is 25.8 Å². The lowest BCUT2D eigenvalue weighted by Gasteiger charge is -2.11. The third-order valence-electron chi connectivity index (χ3n) is 2.30. The van der Waals surface area contributed by atoms with Crippen molar-refractivity contribution >= 4 is 5.96 Å². The highest BCUT2D eigenvalue weighted by atomic mass is 15.3. The van der Waals surface area contributed by atoms with E-state index in [4.69, 9.17) is 5.84 Å². The minimum Gasteiger partial charge on any atom is -0.353 e. The molecule has 0 fully saturated rings. The fraction of sp³-hybridized carbons (Fsp3) is 0.462. The summed E-state index contributed by atoms with van der Waals surface area (Å²) >= 11 is 0. The van der Waals surface area contributed by atoms with Crippen molar-refractivity contribution in [3.05, 3.63) is 35.9 Å². The average Bonchev–Trinajstić information content (AvgIpc) is 2.34. The number of nitrogens with two attached hydrogens (primary N) is 1. The lowest BCUT2D eigenvalue weighted by Crippen LogP contribution is -2.44. The molecule has 94 valence electrons. The number of aliphatic imine (C=N–C) groups is 1. The molecule has 0 spiro atoms. The molecular weight excluding hydrogens is 212 g/mol. The molecule has 1 rings (SSSR count). The molecule has 0 saturated heterocycles. The Hall–Kier alpha value is -1.55. The fourth-order valence-electron chi connectivity index (χ4n) is 1.53. The molecule has 0 unspecified atom stereocenters. The first-order valence-corrected chi connectivity index (χ1v) is 6.04. The zero-order chi connectivity index (χ0) is 12.5. The molecule has 0 heterocycles. The summed E-state index contributed by atoms with van der Waals surface area (Å²) in [5.41, 5.74) is 3.92. The first-order chi connectivity index (χ1) is 8.22. The Bertz CT molecular complexity index is 333. The van der Waals surface area contributed by atoms with Crippen LogP contribution in [-0.2, 0) is 6.42 Å². The minimum atomic E-state index is 0.332. The minimum absolute atomic E-state index is 0.332. The summed E-state index contributed by atoms with van der Waals surface area (Å²) in [5, 5.41) is 3.14. The largest absolute Gasteiger partial charge is 0.353 e. The Balaban J connectivity index is 2.28. The predicted octanol–water partition coefficient (Wildman–Crippen LogP) is 1.44. The Morgan fingerprint density at radius 3 is 2.59 bits per heavy atom. The van der Waals surface area contributed by atoms with Crippen LogP contribution in [0.25, 0.3) is 0 Å². The van der Waals surface area contributed by atoms with Gasteiger partial charge in [-0.3, -0.25) is 10.4 Å². The van der Waals surface area contributed by atoms with E-state index in [2.05, 4.69) is 53.8 Å². The third-order valence-corrected chi connectivity index (χ3v) is 2.30. The lowest BCUT2D eigenvalue weighted by atomic mass is 10.1. The Morgan fingerprint density at radius 1 is 1.29 bits per heavy atom. The van der Waals surface area contributed by atoms with Gasteiger partial charge in [-0.15, -0.1) is 0 Å². The van der Waals surface area contributed by atoms with Gasteiger partial charge in [0.25, 0.3) is 0 Å². The summed E-state index contributed by atoms with van der Waals surface area (Å²) in [6.45, 7) is 4.88. The first kappa shape index (κ1) is 13.5. The van der Waals surface area contributed by atoms with Gasteiger partial charge in [-0.1, -0.05) is 30.3 Å². The second-order valence-corrected chi connectivity index (χ2v) is 4.26. The fourth-order valence-corrected chi connectivity index (χ4v) is 1.53. The Morgan fingerprint density at radius 2 is 2.00 bits per heavy atom. The van der Waals surface area contributed by atoms with Crippen LogP contribution in [0.4, 0.5) is 0 Å². The molecule has 0 aliphatic carbocycles. The summed E-state index contributed by atoms with van der Waals surface area (Å²) in [5.74, 6) is 6.03.